The molecule has 0 radical (unpaired) electrons. The summed E-state index contributed by atoms with van der Waals surface area (Å²) in [5.74, 6) is 0.245. The minimum Gasteiger partial charge on any atom is -0.340 e. The first-order valence-electron chi connectivity index (χ1n) is 9.56. The van der Waals surface area contributed by atoms with Crippen LogP contribution in [0.1, 0.15) is 44.7 Å². The summed E-state index contributed by atoms with van der Waals surface area (Å²) in [6.07, 6.45) is 8.63. The number of thiazole rings is 1. The van der Waals surface area contributed by atoms with Crippen molar-refractivity contribution >= 4 is 22.2 Å². The highest BCUT2D eigenvalue weighted by Gasteiger charge is 2.25. The number of fused-ring (bicyclic) bond motifs is 1. The molecule has 0 N–H and O–H groups in total. The van der Waals surface area contributed by atoms with Gasteiger partial charge in [0.1, 0.15) is 0 Å². The van der Waals surface area contributed by atoms with Crippen molar-refractivity contribution in [2.45, 2.75) is 51.5 Å². The van der Waals surface area contributed by atoms with Crippen LogP contribution in [-0.4, -0.2) is 32.8 Å². The van der Waals surface area contributed by atoms with Gasteiger partial charge in [0.15, 0.2) is 4.96 Å². The van der Waals surface area contributed by atoms with E-state index in [0.29, 0.717) is 12.5 Å². The molecule has 1 fully saturated rings. The molecule has 2 aromatic heterocycles. The molecule has 0 saturated heterocycles. The lowest BCUT2D eigenvalue weighted by atomic mass is 9.94. The fourth-order valence-corrected chi connectivity index (χ4v) is 4.86. The van der Waals surface area contributed by atoms with E-state index in [-0.39, 0.29) is 5.91 Å². The second kappa shape index (κ2) is 7.62. The zero-order valence-corrected chi connectivity index (χ0v) is 16.0. The van der Waals surface area contributed by atoms with E-state index in [2.05, 4.69) is 39.9 Å². The topological polar surface area (TPSA) is 37.6 Å². The van der Waals surface area contributed by atoms with E-state index >= 15 is 0 Å². The molecule has 0 bridgehead atoms. The first kappa shape index (κ1) is 17.3. The average molecular weight is 368 g/mol. The van der Waals surface area contributed by atoms with Crippen molar-refractivity contribution in [2.24, 2.45) is 0 Å². The standard InChI is InChI=1S/C21H25N3OS/c1-2-23(17-11-7-4-8-12-17)20(25)13-18-15-26-21-22-19(14-24(18)21)16-9-5-3-6-10-16/h3,5-6,9-10,14-15,17H,2,4,7-8,11-13H2,1H3. The molecular weight excluding hydrogens is 342 g/mol. The summed E-state index contributed by atoms with van der Waals surface area (Å²) < 4.78 is 2.08. The van der Waals surface area contributed by atoms with E-state index in [1.165, 1.54) is 19.3 Å². The number of aromatic nitrogens is 2. The third-order valence-corrected chi connectivity index (χ3v) is 6.25. The monoisotopic (exact) mass is 367 g/mol. The molecule has 1 saturated carbocycles. The highest BCUT2D eigenvalue weighted by atomic mass is 32.1. The van der Waals surface area contributed by atoms with E-state index in [1.807, 2.05) is 18.2 Å². The number of carbonyl (C=O) groups is 1. The van der Waals surface area contributed by atoms with E-state index in [1.54, 1.807) is 11.3 Å². The largest absolute Gasteiger partial charge is 0.340 e. The molecule has 136 valence electrons. The van der Waals surface area contributed by atoms with Gasteiger partial charge in [0, 0.05) is 35.4 Å². The minimum atomic E-state index is 0.245. The van der Waals surface area contributed by atoms with Crippen LogP contribution in [0.5, 0.6) is 0 Å². The van der Waals surface area contributed by atoms with Crippen LogP contribution in [0.4, 0.5) is 0 Å². The Morgan fingerprint density at radius 2 is 2.00 bits per heavy atom. The summed E-state index contributed by atoms with van der Waals surface area (Å²) >= 11 is 1.61. The predicted molar refractivity (Wildman–Crippen MR) is 106 cm³/mol. The van der Waals surface area contributed by atoms with Gasteiger partial charge in [-0.15, -0.1) is 11.3 Å². The van der Waals surface area contributed by atoms with Gasteiger partial charge in [-0.05, 0) is 19.8 Å². The molecule has 0 atom stereocenters. The van der Waals surface area contributed by atoms with Crippen LogP contribution in [-0.2, 0) is 11.2 Å². The lowest BCUT2D eigenvalue weighted by Crippen LogP contribution is -2.42. The van der Waals surface area contributed by atoms with Crippen molar-refractivity contribution < 1.29 is 4.79 Å². The van der Waals surface area contributed by atoms with Gasteiger partial charge < -0.3 is 4.90 Å². The van der Waals surface area contributed by atoms with Gasteiger partial charge in [0.25, 0.3) is 0 Å². The van der Waals surface area contributed by atoms with Gasteiger partial charge in [-0.2, -0.15) is 0 Å². The van der Waals surface area contributed by atoms with Crippen LogP contribution >= 0.6 is 11.3 Å². The van der Waals surface area contributed by atoms with Crippen LogP contribution in [0.15, 0.2) is 41.9 Å². The van der Waals surface area contributed by atoms with E-state index in [0.717, 1.165) is 41.3 Å². The van der Waals surface area contributed by atoms with E-state index < -0.39 is 0 Å². The number of nitrogens with zero attached hydrogens (tertiary/aromatic N) is 3. The third-order valence-electron chi connectivity index (χ3n) is 5.36. The number of amides is 1. The molecule has 1 aliphatic rings. The summed E-state index contributed by atoms with van der Waals surface area (Å²) in [7, 11) is 0. The maximum absolute atomic E-state index is 13.0. The molecule has 0 aliphatic heterocycles. The normalized spacial score (nSPS) is 15.4. The predicted octanol–water partition coefficient (Wildman–Crippen LogP) is 4.79. The Kier molecular flexibility index (Phi) is 5.07. The van der Waals surface area contributed by atoms with Crippen LogP contribution in [0.25, 0.3) is 16.2 Å². The zero-order valence-electron chi connectivity index (χ0n) is 15.2. The number of imidazole rings is 1. The van der Waals surface area contributed by atoms with Crippen LogP contribution in [0.3, 0.4) is 0 Å². The lowest BCUT2D eigenvalue weighted by molar-refractivity contribution is -0.133. The van der Waals surface area contributed by atoms with Crippen LogP contribution in [0, 0.1) is 0 Å². The molecular formula is C21H25N3OS. The quantitative estimate of drug-likeness (QED) is 0.650. The van der Waals surface area contributed by atoms with Crippen molar-refractivity contribution in [3.8, 4) is 11.3 Å². The Bertz CT molecular complexity index is 877. The SMILES string of the molecule is CCN(C(=O)Cc1csc2nc(-c3ccccc3)cn12)C1CCCCC1. The molecule has 1 aromatic carbocycles. The summed E-state index contributed by atoms with van der Waals surface area (Å²) in [4.78, 5) is 20.7. The van der Waals surface area contributed by atoms with Crippen LogP contribution < -0.4 is 0 Å². The number of carbonyl (C=O) groups excluding carboxylic acids is 1. The number of likely N-dealkylation sites (N-methyl/N-ethyl adjacent to an activating group) is 1. The van der Waals surface area contributed by atoms with Gasteiger partial charge in [0.05, 0.1) is 12.1 Å². The van der Waals surface area contributed by atoms with Gasteiger partial charge in [0.2, 0.25) is 5.91 Å². The van der Waals surface area contributed by atoms with Crippen LogP contribution in [0.2, 0.25) is 0 Å². The third kappa shape index (κ3) is 3.40. The van der Waals surface area contributed by atoms with E-state index in [4.69, 9.17) is 4.98 Å². The summed E-state index contributed by atoms with van der Waals surface area (Å²) in [6, 6.07) is 10.6. The highest BCUT2D eigenvalue weighted by molar-refractivity contribution is 7.15. The van der Waals surface area contributed by atoms with Gasteiger partial charge >= 0.3 is 0 Å². The first-order chi connectivity index (χ1) is 12.8. The molecule has 1 aliphatic carbocycles. The summed E-state index contributed by atoms with van der Waals surface area (Å²) in [5, 5.41) is 2.07. The smallest absolute Gasteiger partial charge is 0.228 e. The molecule has 0 unspecified atom stereocenters. The fraction of sp³-hybridized carbons (Fsp3) is 0.429. The molecule has 4 nitrogen and oxygen atoms in total. The Hall–Kier alpha value is -2.14. The Morgan fingerprint density at radius 3 is 2.73 bits per heavy atom. The van der Waals surface area contributed by atoms with Crippen molar-refractivity contribution in [3.05, 3.63) is 47.6 Å². The van der Waals surface area contributed by atoms with Gasteiger partial charge in [-0.3, -0.25) is 9.20 Å². The Morgan fingerprint density at radius 1 is 1.23 bits per heavy atom. The molecule has 26 heavy (non-hydrogen) atoms. The number of rotatable bonds is 5. The molecule has 2 heterocycles. The number of hydrogen-bond acceptors (Lipinski definition) is 3. The minimum absolute atomic E-state index is 0.245. The molecule has 0 spiro atoms. The van der Waals surface area contributed by atoms with Crippen molar-refractivity contribution in [1.82, 2.24) is 14.3 Å². The first-order valence-corrected chi connectivity index (χ1v) is 10.4. The van der Waals surface area contributed by atoms with Crippen molar-refractivity contribution in [1.29, 1.82) is 0 Å². The second-order valence-electron chi connectivity index (χ2n) is 7.02. The van der Waals surface area contributed by atoms with Crippen molar-refractivity contribution in [3.63, 3.8) is 0 Å². The second-order valence-corrected chi connectivity index (χ2v) is 7.86. The summed E-state index contributed by atoms with van der Waals surface area (Å²) in [6.45, 7) is 2.90. The fourth-order valence-electron chi connectivity index (χ4n) is 3.99. The average Bonchev–Trinajstić information content (AvgIpc) is 3.26. The maximum Gasteiger partial charge on any atom is 0.228 e. The zero-order chi connectivity index (χ0) is 17.9. The number of benzene rings is 1. The van der Waals surface area contributed by atoms with Gasteiger partial charge in [-0.25, -0.2) is 4.98 Å². The molecule has 3 aromatic rings. The van der Waals surface area contributed by atoms with Gasteiger partial charge in [-0.1, -0.05) is 49.6 Å². The molecule has 1 amide bonds. The summed E-state index contributed by atoms with van der Waals surface area (Å²) in [5.41, 5.74) is 3.11. The highest BCUT2D eigenvalue weighted by Crippen LogP contribution is 2.26. The maximum atomic E-state index is 13.0. The molecule has 4 rings (SSSR count). The van der Waals surface area contributed by atoms with Crippen molar-refractivity contribution in [2.75, 3.05) is 6.54 Å². The van der Waals surface area contributed by atoms with E-state index in [9.17, 15) is 4.79 Å². The Labute approximate surface area is 158 Å². The lowest BCUT2D eigenvalue weighted by Gasteiger charge is -2.33. The Balaban J connectivity index is 1.54. The number of hydrogen-bond donors (Lipinski definition) is 0. The molecule has 5 heteroatoms.